The van der Waals surface area contributed by atoms with E-state index >= 15 is 0 Å². The van der Waals surface area contributed by atoms with Crippen molar-refractivity contribution in [1.29, 1.82) is 0 Å². The molecule has 3 rings (SSSR count). The molecule has 0 aromatic heterocycles. The lowest BCUT2D eigenvalue weighted by Crippen LogP contribution is -2.21. The van der Waals surface area contributed by atoms with Crippen molar-refractivity contribution >= 4 is 11.9 Å². The second kappa shape index (κ2) is 17.8. The first-order valence-electron chi connectivity index (χ1n) is 14.9. The molecule has 0 spiro atoms. The molecule has 1 atom stereocenters. The number of aliphatic hydroxyl groups is 1. The molecule has 228 valence electrons. The smallest absolute Gasteiger partial charge is 0.335 e. The second-order valence-electron chi connectivity index (χ2n) is 10.8. The van der Waals surface area contributed by atoms with Crippen LogP contribution in [0.15, 0.2) is 97.1 Å². The molecule has 0 aliphatic carbocycles. The molecule has 0 saturated carbocycles. The minimum absolute atomic E-state index is 0.00622. The van der Waals surface area contributed by atoms with Crippen molar-refractivity contribution in [2.24, 2.45) is 0 Å². The minimum atomic E-state index is -0.690. The molecular weight excluding hydrogens is 540 g/mol. The molecule has 0 saturated heterocycles. The highest BCUT2D eigenvalue weighted by molar-refractivity contribution is 5.88. The van der Waals surface area contributed by atoms with E-state index in [4.69, 9.17) is 19.3 Å². The molecule has 0 heterocycles. The lowest BCUT2D eigenvalue weighted by Gasteiger charge is -2.19. The molecule has 0 aliphatic heterocycles. The number of methoxy groups -OCH3 is 1. The van der Waals surface area contributed by atoms with Crippen molar-refractivity contribution in [3.8, 4) is 11.1 Å². The van der Waals surface area contributed by atoms with Gasteiger partial charge in [0, 0.05) is 7.11 Å². The van der Waals surface area contributed by atoms with Crippen molar-refractivity contribution in [1.82, 2.24) is 0 Å². The first kappa shape index (κ1) is 33.5. The zero-order valence-corrected chi connectivity index (χ0v) is 25.5. The zero-order chi connectivity index (χ0) is 31.0. The summed E-state index contributed by atoms with van der Waals surface area (Å²) in [5.74, 6) is -1.66. The number of hydrogen-bond acceptors (Lipinski definition) is 6. The minimum Gasteiger partial charge on any atom is -0.461 e. The number of ether oxygens (including phenoxy) is 3. The summed E-state index contributed by atoms with van der Waals surface area (Å²) in [7, 11) is 1.47. The van der Waals surface area contributed by atoms with Gasteiger partial charge in [0.05, 0.1) is 30.3 Å². The van der Waals surface area contributed by atoms with Crippen molar-refractivity contribution in [3.63, 3.8) is 0 Å². The first-order chi connectivity index (χ1) is 20.8. The average molecular weight is 585 g/mol. The van der Waals surface area contributed by atoms with Gasteiger partial charge in [-0.25, -0.2) is 9.59 Å². The molecule has 1 N–H and O–H groups in total. The number of esters is 2. The van der Waals surface area contributed by atoms with Crippen molar-refractivity contribution in [3.05, 3.63) is 119 Å². The first-order valence-corrected chi connectivity index (χ1v) is 14.9. The standard InChI is InChI=1S/C37H44O6/c1-5-6-7-8-29-11-17-32(18-12-29)33-19-13-30(14-20-33)9-10-31-15-21-34(22-16-31)35(25-42-36(39)27(2)23-38)26-43-37(40)28(3)24-41-4/h11-22,35,38H,2-3,5-10,23-26H2,1,4H3. The van der Waals surface area contributed by atoms with Crippen LogP contribution in [0.3, 0.4) is 0 Å². The lowest BCUT2D eigenvalue weighted by molar-refractivity contribution is -0.143. The van der Waals surface area contributed by atoms with E-state index in [1.807, 2.05) is 24.3 Å². The van der Waals surface area contributed by atoms with Crippen LogP contribution < -0.4 is 0 Å². The predicted molar refractivity (Wildman–Crippen MR) is 171 cm³/mol. The normalized spacial score (nSPS) is 11.5. The summed E-state index contributed by atoms with van der Waals surface area (Å²) >= 11 is 0. The number of aliphatic hydroxyl groups excluding tert-OH is 1. The molecule has 0 fully saturated rings. The molecule has 6 nitrogen and oxygen atoms in total. The highest BCUT2D eigenvalue weighted by Gasteiger charge is 2.19. The van der Waals surface area contributed by atoms with Gasteiger partial charge in [-0.2, -0.15) is 0 Å². The molecule has 0 radical (unpaired) electrons. The highest BCUT2D eigenvalue weighted by Crippen LogP contribution is 2.23. The van der Waals surface area contributed by atoms with Crippen LogP contribution in [0.1, 0.15) is 54.4 Å². The van der Waals surface area contributed by atoms with Crippen LogP contribution in [0.5, 0.6) is 0 Å². The predicted octanol–water partition coefficient (Wildman–Crippen LogP) is 6.79. The Hall–Kier alpha value is -4.00. The number of carbonyl (C=O) groups is 2. The zero-order valence-electron chi connectivity index (χ0n) is 25.5. The monoisotopic (exact) mass is 584 g/mol. The second-order valence-corrected chi connectivity index (χ2v) is 10.8. The van der Waals surface area contributed by atoms with Crippen molar-refractivity contribution in [2.75, 3.05) is 33.5 Å². The Balaban J connectivity index is 1.58. The van der Waals surface area contributed by atoms with Gasteiger partial charge in [0.2, 0.25) is 0 Å². The summed E-state index contributed by atoms with van der Waals surface area (Å²) in [6.07, 6.45) is 6.67. The van der Waals surface area contributed by atoms with Gasteiger partial charge in [-0.15, -0.1) is 0 Å². The molecule has 1 unspecified atom stereocenters. The van der Waals surface area contributed by atoms with Gasteiger partial charge in [-0.3, -0.25) is 0 Å². The van der Waals surface area contributed by atoms with Crippen molar-refractivity contribution in [2.45, 2.75) is 51.4 Å². The van der Waals surface area contributed by atoms with E-state index in [0.717, 1.165) is 24.8 Å². The third kappa shape index (κ3) is 11.0. The van der Waals surface area contributed by atoms with Gasteiger partial charge in [0.15, 0.2) is 0 Å². The van der Waals surface area contributed by atoms with Crippen molar-refractivity contribution < 1.29 is 28.9 Å². The Morgan fingerprint density at radius 1 is 0.698 bits per heavy atom. The molecule has 0 bridgehead atoms. The van der Waals surface area contributed by atoms with E-state index in [1.165, 1.54) is 54.2 Å². The van der Waals surface area contributed by atoms with Gasteiger partial charge in [-0.1, -0.05) is 106 Å². The lowest BCUT2D eigenvalue weighted by atomic mass is 9.96. The maximum absolute atomic E-state index is 12.2. The van der Waals surface area contributed by atoms with Gasteiger partial charge in [0.1, 0.15) is 13.2 Å². The third-order valence-electron chi connectivity index (χ3n) is 7.38. The van der Waals surface area contributed by atoms with Crippen LogP contribution in [0.2, 0.25) is 0 Å². The van der Waals surface area contributed by atoms with Crippen LogP contribution in [-0.4, -0.2) is 50.6 Å². The van der Waals surface area contributed by atoms with Crippen LogP contribution >= 0.6 is 0 Å². The Labute approximate surface area is 256 Å². The number of hydrogen-bond donors (Lipinski definition) is 1. The number of rotatable bonds is 18. The molecular formula is C37H44O6. The fourth-order valence-electron chi connectivity index (χ4n) is 4.65. The van der Waals surface area contributed by atoms with Crippen LogP contribution in [-0.2, 0) is 43.1 Å². The summed E-state index contributed by atoms with van der Waals surface area (Å²) in [6.45, 7) is 8.94. The van der Waals surface area contributed by atoms with E-state index in [9.17, 15) is 9.59 Å². The van der Waals surface area contributed by atoms with E-state index in [1.54, 1.807) is 0 Å². The SMILES string of the molecule is C=C(CO)C(=O)OCC(COC(=O)C(=C)COC)c1ccc(CCc2ccc(-c3ccc(CCCCC)cc3)cc2)cc1. The summed E-state index contributed by atoms with van der Waals surface area (Å²) in [5.41, 5.74) is 7.30. The Kier molecular flexibility index (Phi) is 13.9. The molecule has 3 aromatic rings. The average Bonchev–Trinajstić information content (AvgIpc) is 3.04. The van der Waals surface area contributed by atoms with Crippen LogP contribution in [0, 0.1) is 0 Å². The number of benzene rings is 3. The molecule has 6 heteroatoms. The van der Waals surface area contributed by atoms with Gasteiger partial charge in [0.25, 0.3) is 0 Å². The number of unbranched alkanes of at least 4 members (excludes halogenated alkanes) is 2. The van der Waals surface area contributed by atoms with E-state index in [2.05, 4.69) is 68.6 Å². The Bertz CT molecular complexity index is 1320. The van der Waals surface area contributed by atoms with Gasteiger partial charge < -0.3 is 19.3 Å². The molecule has 3 aromatic carbocycles. The van der Waals surface area contributed by atoms with E-state index in [-0.39, 0.29) is 31.0 Å². The summed E-state index contributed by atoms with van der Waals surface area (Å²) in [4.78, 5) is 24.3. The van der Waals surface area contributed by atoms with Crippen LogP contribution in [0.4, 0.5) is 0 Å². The quantitative estimate of drug-likeness (QED) is 0.101. The Morgan fingerprint density at radius 3 is 1.63 bits per heavy atom. The molecule has 43 heavy (non-hydrogen) atoms. The Morgan fingerprint density at radius 2 is 1.16 bits per heavy atom. The third-order valence-corrected chi connectivity index (χ3v) is 7.38. The van der Waals surface area contributed by atoms with E-state index in [0.29, 0.717) is 0 Å². The van der Waals surface area contributed by atoms with Gasteiger partial charge >= 0.3 is 11.9 Å². The topological polar surface area (TPSA) is 82.1 Å². The van der Waals surface area contributed by atoms with E-state index < -0.39 is 24.5 Å². The van der Waals surface area contributed by atoms with Crippen LogP contribution in [0.25, 0.3) is 11.1 Å². The molecule has 0 amide bonds. The number of aryl methyl sites for hydroxylation is 3. The van der Waals surface area contributed by atoms with Gasteiger partial charge in [-0.05, 0) is 59.1 Å². The molecule has 0 aliphatic rings. The highest BCUT2D eigenvalue weighted by atomic mass is 16.5. The number of carbonyl (C=O) groups excluding carboxylic acids is 2. The summed E-state index contributed by atoms with van der Waals surface area (Å²) < 4.78 is 15.7. The fraction of sp³-hybridized carbons (Fsp3) is 0.351. The summed E-state index contributed by atoms with van der Waals surface area (Å²) in [6, 6.07) is 25.7. The summed E-state index contributed by atoms with van der Waals surface area (Å²) in [5, 5.41) is 9.15. The largest absolute Gasteiger partial charge is 0.461 e. The fourth-order valence-corrected chi connectivity index (χ4v) is 4.65. The maximum Gasteiger partial charge on any atom is 0.335 e. The maximum atomic E-state index is 12.2.